The van der Waals surface area contributed by atoms with Crippen molar-refractivity contribution in [3.63, 3.8) is 0 Å². The second-order valence-corrected chi connectivity index (χ2v) is 5.56. The number of carbonyl (C=O) groups excluding carboxylic acids is 1. The maximum absolute atomic E-state index is 12.0. The van der Waals surface area contributed by atoms with Gasteiger partial charge in [0.25, 0.3) is 0 Å². The fourth-order valence-electron chi connectivity index (χ4n) is 2.51. The molecule has 1 aliphatic rings. The normalized spacial score (nSPS) is 14.1. The molecule has 5 heteroatoms. The van der Waals surface area contributed by atoms with Gasteiger partial charge in [0.1, 0.15) is 5.82 Å². The lowest BCUT2D eigenvalue weighted by atomic mass is 10.1. The van der Waals surface area contributed by atoms with Crippen molar-refractivity contribution >= 4 is 11.9 Å². The van der Waals surface area contributed by atoms with Crippen LogP contribution in [0.2, 0.25) is 0 Å². The number of aromatic nitrogens is 3. The molecular weight excluding hydrogens is 264 g/mol. The van der Waals surface area contributed by atoms with Gasteiger partial charge in [-0.25, -0.2) is 0 Å². The van der Waals surface area contributed by atoms with Crippen LogP contribution in [0.15, 0.2) is 30.3 Å². The first kappa shape index (κ1) is 13.8. The largest absolute Gasteiger partial charge is 0.295 e. The van der Waals surface area contributed by atoms with Crippen molar-refractivity contribution in [1.82, 2.24) is 14.8 Å². The molecule has 1 N–H and O–H groups in total. The molecule has 0 saturated heterocycles. The standard InChI is InChI=1S/C16H20N4O/c1-12-18-19-16(20(12)14-10-11-14)17-15(21)9-5-8-13-6-3-2-4-7-13/h2-4,6-7,14H,5,8-11H2,1H3,(H,17,19,21). The summed E-state index contributed by atoms with van der Waals surface area (Å²) in [6, 6.07) is 10.7. The van der Waals surface area contributed by atoms with Gasteiger partial charge < -0.3 is 0 Å². The van der Waals surface area contributed by atoms with E-state index in [2.05, 4.69) is 27.6 Å². The van der Waals surface area contributed by atoms with Gasteiger partial charge in [-0.15, -0.1) is 10.2 Å². The second-order valence-electron chi connectivity index (χ2n) is 5.56. The average Bonchev–Trinajstić information content (AvgIpc) is 3.25. The fraction of sp³-hybridized carbons (Fsp3) is 0.438. The molecular formula is C16H20N4O. The number of nitrogens with zero attached hydrogens (tertiary/aromatic N) is 3. The smallest absolute Gasteiger partial charge is 0.231 e. The number of carbonyl (C=O) groups is 1. The van der Waals surface area contributed by atoms with Crippen LogP contribution in [-0.2, 0) is 11.2 Å². The highest BCUT2D eigenvalue weighted by Gasteiger charge is 2.28. The summed E-state index contributed by atoms with van der Waals surface area (Å²) in [6.45, 7) is 1.93. The Bertz CT molecular complexity index is 616. The minimum Gasteiger partial charge on any atom is -0.295 e. The lowest BCUT2D eigenvalue weighted by Gasteiger charge is -2.08. The Balaban J connectivity index is 1.50. The van der Waals surface area contributed by atoms with E-state index in [1.54, 1.807) is 0 Å². The number of hydrogen-bond acceptors (Lipinski definition) is 3. The molecule has 0 bridgehead atoms. The molecule has 2 aromatic rings. The van der Waals surface area contributed by atoms with E-state index in [1.165, 1.54) is 5.56 Å². The van der Waals surface area contributed by atoms with Crippen LogP contribution in [0, 0.1) is 6.92 Å². The molecule has 0 radical (unpaired) electrons. The summed E-state index contributed by atoms with van der Waals surface area (Å²) in [5.74, 6) is 1.48. The van der Waals surface area contributed by atoms with Gasteiger partial charge in [-0.05, 0) is 38.2 Å². The minimum absolute atomic E-state index is 0.0141. The number of benzene rings is 1. The highest BCUT2D eigenvalue weighted by Crippen LogP contribution is 2.37. The van der Waals surface area contributed by atoms with Gasteiger partial charge in [0.2, 0.25) is 11.9 Å². The maximum atomic E-state index is 12.0. The van der Waals surface area contributed by atoms with E-state index in [9.17, 15) is 4.79 Å². The third kappa shape index (κ3) is 3.48. The summed E-state index contributed by atoms with van der Waals surface area (Å²) in [6.07, 6.45) is 4.56. The minimum atomic E-state index is 0.0141. The van der Waals surface area contributed by atoms with Crippen LogP contribution in [0.4, 0.5) is 5.95 Å². The zero-order valence-corrected chi connectivity index (χ0v) is 12.2. The number of amides is 1. The van der Waals surface area contributed by atoms with E-state index < -0.39 is 0 Å². The van der Waals surface area contributed by atoms with Gasteiger partial charge in [-0.3, -0.25) is 14.7 Å². The molecule has 0 unspecified atom stereocenters. The van der Waals surface area contributed by atoms with Crippen molar-refractivity contribution < 1.29 is 4.79 Å². The summed E-state index contributed by atoms with van der Waals surface area (Å²) in [5.41, 5.74) is 1.27. The highest BCUT2D eigenvalue weighted by molar-refractivity contribution is 5.89. The third-order valence-electron chi connectivity index (χ3n) is 3.74. The van der Waals surface area contributed by atoms with Crippen LogP contribution >= 0.6 is 0 Å². The van der Waals surface area contributed by atoms with E-state index in [1.807, 2.05) is 29.7 Å². The van der Waals surface area contributed by atoms with Crippen LogP contribution in [0.25, 0.3) is 0 Å². The van der Waals surface area contributed by atoms with Crippen molar-refractivity contribution in [2.45, 2.75) is 45.1 Å². The summed E-state index contributed by atoms with van der Waals surface area (Å²) in [5, 5.41) is 11.0. The van der Waals surface area contributed by atoms with Crippen LogP contribution in [-0.4, -0.2) is 20.7 Å². The quantitative estimate of drug-likeness (QED) is 0.887. The first-order valence-electron chi connectivity index (χ1n) is 7.49. The van der Waals surface area contributed by atoms with Crippen molar-refractivity contribution in [3.8, 4) is 0 Å². The van der Waals surface area contributed by atoms with E-state index in [0.717, 1.165) is 31.5 Å². The number of aryl methyl sites for hydroxylation is 2. The van der Waals surface area contributed by atoms with Crippen LogP contribution < -0.4 is 5.32 Å². The third-order valence-corrected chi connectivity index (χ3v) is 3.74. The summed E-state index contributed by atoms with van der Waals surface area (Å²) in [7, 11) is 0. The second kappa shape index (κ2) is 6.08. The first-order valence-corrected chi connectivity index (χ1v) is 7.49. The Morgan fingerprint density at radius 3 is 2.76 bits per heavy atom. The molecule has 5 nitrogen and oxygen atoms in total. The molecule has 1 amide bonds. The Kier molecular flexibility index (Phi) is 3.99. The Labute approximate surface area is 124 Å². The summed E-state index contributed by atoms with van der Waals surface area (Å²) in [4.78, 5) is 12.0. The van der Waals surface area contributed by atoms with Gasteiger partial charge >= 0.3 is 0 Å². The summed E-state index contributed by atoms with van der Waals surface area (Å²) < 4.78 is 2.04. The number of rotatable bonds is 6. The molecule has 110 valence electrons. The van der Waals surface area contributed by atoms with Crippen LogP contribution in [0.1, 0.15) is 43.1 Å². The van der Waals surface area contributed by atoms with E-state index in [4.69, 9.17) is 0 Å². The van der Waals surface area contributed by atoms with Crippen LogP contribution in [0.3, 0.4) is 0 Å². The predicted octanol–water partition coefficient (Wildman–Crippen LogP) is 2.88. The Morgan fingerprint density at radius 1 is 1.29 bits per heavy atom. The molecule has 3 rings (SSSR count). The van der Waals surface area contributed by atoms with E-state index in [-0.39, 0.29) is 5.91 Å². The van der Waals surface area contributed by atoms with Gasteiger partial charge in [0, 0.05) is 12.5 Å². The fourth-order valence-corrected chi connectivity index (χ4v) is 2.51. The number of anilines is 1. The van der Waals surface area contributed by atoms with E-state index >= 15 is 0 Å². The van der Waals surface area contributed by atoms with Gasteiger partial charge in [0.15, 0.2) is 0 Å². The molecule has 1 fully saturated rings. The topological polar surface area (TPSA) is 59.8 Å². The van der Waals surface area contributed by atoms with Crippen molar-refractivity contribution in [1.29, 1.82) is 0 Å². The van der Waals surface area contributed by atoms with Gasteiger partial charge in [0.05, 0.1) is 0 Å². The lowest BCUT2D eigenvalue weighted by Crippen LogP contribution is -2.16. The van der Waals surface area contributed by atoms with Gasteiger partial charge in [-0.1, -0.05) is 30.3 Å². The number of hydrogen-bond donors (Lipinski definition) is 1. The van der Waals surface area contributed by atoms with E-state index in [0.29, 0.717) is 18.4 Å². The SMILES string of the molecule is Cc1nnc(NC(=O)CCCc2ccccc2)n1C1CC1. The molecule has 1 heterocycles. The molecule has 1 aromatic carbocycles. The first-order chi connectivity index (χ1) is 10.2. The van der Waals surface area contributed by atoms with Gasteiger partial charge in [-0.2, -0.15) is 0 Å². The zero-order valence-electron chi connectivity index (χ0n) is 12.2. The molecule has 1 aromatic heterocycles. The highest BCUT2D eigenvalue weighted by atomic mass is 16.1. The molecule has 0 spiro atoms. The molecule has 21 heavy (non-hydrogen) atoms. The Morgan fingerprint density at radius 2 is 2.05 bits per heavy atom. The van der Waals surface area contributed by atoms with Crippen molar-refractivity contribution in [3.05, 3.63) is 41.7 Å². The van der Waals surface area contributed by atoms with Crippen molar-refractivity contribution in [2.75, 3.05) is 5.32 Å². The maximum Gasteiger partial charge on any atom is 0.231 e. The Hall–Kier alpha value is -2.17. The molecule has 0 atom stereocenters. The molecule has 1 aliphatic carbocycles. The summed E-state index contributed by atoms with van der Waals surface area (Å²) >= 11 is 0. The lowest BCUT2D eigenvalue weighted by molar-refractivity contribution is -0.116. The van der Waals surface area contributed by atoms with Crippen molar-refractivity contribution in [2.24, 2.45) is 0 Å². The average molecular weight is 284 g/mol. The zero-order chi connectivity index (χ0) is 14.7. The molecule has 0 aliphatic heterocycles. The number of nitrogens with one attached hydrogen (secondary N) is 1. The monoisotopic (exact) mass is 284 g/mol. The predicted molar refractivity (Wildman–Crippen MR) is 81.0 cm³/mol. The molecule has 1 saturated carbocycles. The van der Waals surface area contributed by atoms with Crippen LogP contribution in [0.5, 0.6) is 0 Å².